The van der Waals surface area contributed by atoms with E-state index >= 15 is 0 Å². The molecule has 0 bridgehead atoms. The lowest BCUT2D eigenvalue weighted by Crippen LogP contribution is -2.56. The fraction of sp³-hybridized carbons (Fsp3) is 0.667. The highest BCUT2D eigenvalue weighted by Gasteiger charge is 2.28. The van der Waals surface area contributed by atoms with Crippen molar-refractivity contribution in [2.24, 2.45) is 4.99 Å². The van der Waals surface area contributed by atoms with Crippen molar-refractivity contribution in [2.45, 2.75) is 39.8 Å². The smallest absolute Gasteiger partial charge is 0.191 e. The van der Waals surface area contributed by atoms with Crippen LogP contribution in [0, 0.1) is 0 Å². The molecule has 158 valence electrons. The first-order valence-corrected chi connectivity index (χ1v) is 10.1. The zero-order valence-corrected chi connectivity index (χ0v) is 18.0. The number of hydrogen-bond acceptors (Lipinski definition) is 5. The van der Waals surface area contributed by atoms with Crippen LogP contribution in [-0.2, 0) is 11.3 Å². The van der Waals surface area contributed by atoms with Gasteiger partial charge in [0.1, 0.15) is 0 Å². The van der Waals surface area contributed by atoms with Crippen molar-refractivity contribution in [3.8, 4) is 11.5 Å². The molecule has 0 atom stereocenters. The summed E-state index contributed by atoms with van der Waals surface area (Å²) >= 11 is 0. The maximum absolute atomic E-state index is 5.66. The molecule has 2 N–H and O–H groups in total. The van der Waals surface area contributed by atoms with Crippen molar-refractivity contribution >= 4 is 5.96 Å². The second-order valence-corrected chi connectivity index (χ2v) is 7.38. The quantitative estimate of drug-likeness (QED) is 0.496. The molecule has 1 aliphatic heterocycles. The first-order valence-electron chi connectivity index (χ1n) is 10.1. The number of guanidine groups is 1. The van der Waals surface area contributed by atoms with E-state index in [0.717, 1.165) is 62.4 Å². The Morgan fingerprint density at radius 1 is 1.18 bits per heavy atom. The summed E-state index contributed by atoms with van der Waals surface area (Å²) in [6.45, 7) is 14.9. The van der Waals surface area contributed by atoms with Gasteiger partial charge >= 0.3 is 0 Å². The Kier molecular flexibility index (Phi) is 8.86. The maximum atomic E-state index is 5.66. The normalized spacial score (nSPS) is 16.0. The minimum atomic E-state index is 0.0300. The van der Waals surface area contributed by atoms with Crippen molar-refractivity contribution < 1.29 is 14.2 Å². The minimum absolute atomic E-state index is 0.0300. The second-order valence-electron chi connectivity index (χ2n) is 7.38. The van der Waals surface area contributed by atoms with Gasteiger partial charge in [0, 0.05) is 31.7 Å². The largest absolute Gasteiger partial charge is 0.493 e. The van der Waals surface area contributed by atoms with Crippen molar-refractivity contribution in [3.05, 3.63) is 23.8 Å². The molecule has 1 heterocycles. The summed E-state index contributed by atoms with van der Waals surface area (Å²) in [6, 6.07) is 5.94. The van der Waals surface area contributed by atoms with Gasteiger partial charge in [0.2, 0.25) is 0 Å². The maximum Gasteiger partial charge on any atom is 0.191 e. The highest BCUT2D eigenvalue weighted by Crippen LogP contribution is 2.28. The van der Waals surface area contributed by atoms with Crippen LogP contribution in [0.4, 0.5) is 0 Å². The average molecular weight is 393 g/mol. The number of ether oxygens (including phenoxy) is 3. The molecule has 1 aromatic carbocycles. The topological polar surface area (TPSA) is 67.4 Å². The van der Waals surface area contributed by atoms with Crippen LogP contribution in [0.15, 0.2) is 23.2 Å². The Balaban J connectivity index is 2.00. The molecular formula is C21H36N4O3. The predicted octanol–water partition coefficient (Wildman–Crippen LogP) is 2.26. The van der Waals surface area contributed by atoms with Gasteiger partial charge in [0.25, 0.3) is 0 Å². The molecule has 28 heavy (non-hydrogen) atoms. The van der Waals surface area contributed by atoms with E-state index in [0.29, 0.717) is 13.2 Å². The number of benzene rings is 1. The number of hydrogen-bond donors (Lipinski definition) is 2. The van der Waals surface area contributed by atoms with E-state index in [-0.39, 0.29) is 5.54 Å². The molecule has 2 rings (SSSR count). The molecule has 0 aliphatic carbocycles. The van der Waals surface area contributed by atoms with Crippen LogP contribution in [0.2, 0.25) is 0 Å². The van der Waals surface area contributed by atoms with Gasteiger partial charge in [-0.1, -0.05) is 6.07 Å². The Hall–Kier alpha value is -1.99. The van der Waals surface area contributed by atoms with Gasteiger partial charge in [0.05, 0.1) is 33.5 Å². The lowest BCUT2D eigenvalue weighted by Gasteiger charge is -2.41. The highest BCUT2D eigenvalue weighted by molar-refractivity contribution is 5.79. The Labute approximate surface area is 169 Å². The molecular weight excluding hydrogens is 356 g/mol. The summed E-state index contributed by atoms with van der Waals surface area (Å²) in [5.74, 6) is 2.31. The van der Waals surface area contributed by atoms with Crippen LogP contribution in [-0.4, -0.2) is 69.5 Å². The number of morpholine rings is 1. The third-order valence-corrected chi connectivity index (χ3v) is 4.85. The first kappa shape index (κ1) is 22.3. The third kappa shape index (κ3) is 6.56. The van der Waals surface area contributed by atoms with Gasteiger partial charge in [-0.2, -0.15) is 0 Å². The number of methoxy groups -OCH3 is 1. The molecule has 0 unspecified atom stereocenters. The van der Waals surface area contributed by atoms with Crippen LogP contribution in [0.25, 0.3) is 0 Å². The van der Waals surface area contributed by atoms with E-state index in [1.807, 2.05) is 25.1 Å². The Bertz CT molecular complexity index is 628. The van der Waals surface area contributed by atoms with E-state index < -0.39 is 0 Å². The van der Waals surface area contributed by atoms with Crippen molar-refractivity contribution in [1.82, 2.24) is 15.5 Å². The second kappa shape index (κ2) is 11.1. The molecule has 1 saturated heterocycles. The van der Waals surface area contributed by atoms with E-state index in [9.17, 15) is 0 Å². The van der Waals surface area contributed by atoms with Crippen LogP contribution >= 0.6 is 0 Å². The van der Waals surface area contributed by atoms with Gasteiger partial charge in [-0.05, 0) is 45.4 Å². The summed E-state index contributed by atoms with van der Waals surface area (Å²) in [6.07, 6.45) is 0. The summed E-state index contributed by atoms with van der Waals surface area (Å²) < 4.78 is 16.5. The molecule has 0 saturated carbocycles. The van der Waals surface area contributed by atoms with E-state index in [1.54, 1.807) is 7.11 Å². The zero-order valence-electron chi connectivity index (χ0n) is 18.0. The highest BCUT2D eigenvalue weighted by atomic mass is 16.5. The number of rotatable bonds is 9. The fourth-order valence-corrected chi connectivity index (χ4v) is 3.18. The summed E-state index contributed by atoms with van der Waals surface area (Å²) in [5.41, 5.74) is 1.11. The van der Waals surface area contributed by atoms with Gasteiger partial charge in [-0.15, -0.1) is 0 Å². The lowest BCUT2D eigenvalue weighted by molar-refractivity contribution is -0.00834. The molecule has 0 spiro atoms. The van der Waals surface area contributed by atoms with Crippen molar-refractivity contribution in [1.29, 1.82) is 0 Å². The lowest BCUT2D eigenvalue weighted by atomic mass is 10.0. The first-order chi connectivity index (χ1) is 13.5. The Morgan fingerprint density at radius 2 is 1.93 bits per heavy atom. The van der Waals surface area contributed by atoms with Crippen molar-refractivity contribution in [3.63, 3.8) is 0 Å². The van der Waals surface area contributed by atoms with Crippen LogP contribution < -0.4 is 20.1 Å². The SMILES string of the molecule is CCNC(=NCc1ccc(OC)c(OCC)c1)NCC(C)(C)N1CCOCC1. The van der Waals surface area contributed by atoms with Crippen LogP contribution in [0.5, 0.6) is 11.5 Å². The van der Waals surface area contributed by atoms with Gasteiger partial charge in [0.15, 0.2) is 17.5 Å². The van der Waals surface area contributed by atoms with Gasteiger partial charge in [-0.3, -0.25) is 4.90 Å². The van der Waals surface area contributed by atoms with Gasteiger partial charge < -0.3 is 24.8 Å². The minimum Gasteiger partial charge on any atom is -0.493 e. The monoisotopic (exact) mass is 392 g/mol. The fourth-order valence-electron chi connectivity index (χ4n) is 3.18. The van der Waals surface area contributed by atoms with E-state index in [2.05, 4.69) is 36.3 Å². The molecule has 7 nitrogen and oxygen atoms in total. The van der Waals surface area contributed by atoms with E-state index in [1.165, 1.54) is 0 Å². The summed E-state index contributed by atoms with van der Waals surface area (Å²) in [7, 11) is 1.65. The number of nitrogens with zero attached hydrogens (tertiary/aromatic N) is 2. The molecule has 0 radical (unpaired) electrons. The summed E-state index contributed by atoms with van der Waals surface area (Å²) in [5, 5.41) is 6.82. The Morgan fingerprint density at radius 3 is 2.57 bits per heavy atom. The van der Waals surface area contributed by atoms with E-state index in [4.69, 9.17) is 19.2 Å². The third-order valence-electron chi connectivity index (χ3n) is 4.85. The average Bonchev–Trinajstić information content (AvgIpc) is 2.71. The molecule has 0 amide bonds. The molecule has 1 aromatic rings. The molecule has 1 aliphatic rings. The van der Waals surface area contributed by atoms with Gasteiger partial charge in [-0.25, -0.2) is 4.99 Å². The van der Waals surface area contributed by atoms with Crippen LogP contribution in [0.3, 0.4) is 0 Å². The molecule has 0 aromatic heterocycles. The molecule has 7 heteroatoms. The molecule has 1 fully saturated rings. The number of nitrogens with one attached hydrogen (secondary N) is 2. The van der Waals surface area contributed by atoms with Crippen LogP contribution in [0.1, 0.15) is 33.3 Å². The zero-order chi connectivity index (χ0) is 20.4. The summed E-state index contributed by atoms with van der Waals surface area (Å²) in [4.78, 5) is 7.21. The predicted molar refractivity (Wildman–Crippen MR) is 113 cm³/mol. The number of aliphatic imine (C=N–C) groups is 1. The van der Waals surface area contributed by atoms with Crippen molar-refractivity contribution in [2.75, 3.05) is 53.1 Å². The standard InChI is InChI=1S/C21H36N4O3/c1-6-22-20(24-16-21(3,4)25-10-12-27-13-11-25)23-15-17-8-9-18(26-5)19(14-17)28-7-2/h8-9,14H,6-7,10-13,15-16H2,1-5H3,(H2,22,23,24).